The average Bonchev–Trinajstić information content (AvgIpc) is 3.44. The minimum absolute atomic E-state index is 0.179. The summed E-state index contributed by atoms with van der Waals surface area (Å²) in [5.74, 6) is 0.839. The summed E-state index contributed by atoms with van der Waals surface area (Å²) in [5.41, 5.74) is 5.16. The fourth-order valence-corrected chi connectivity index (χ4v) is 4.45. The van der Waals surface area contributed by atoms with Gasteiger partial charge in [-0.2, -0.15) is 0 Å². The highest BCUT2D eigenvalue weighted by atomic mass is 16.4. The van der Waals surface area contributed by atoms with Crippen LogP contribution in [0.1, 0.15) is 36.2 Å². The Balaban J connectivity index is 1.29. The normalized spacial score (nSPS) is 15.8. The third kappa shape index (κ3) is 3.94. The molecule has 0 atom stereocenters. The van der Waals surface area contributed by atoms with Gasteiger partial charge in [-0.3, -0.25) is 14.6 Å². The van der Waals surface area contributed by atoms with Gasteiger partial charge in [-0.15, -0.1) is 0 Å². The van der Waals surface area contributed by atoms with E-state index >= 15 is 0 Å². The number of anilines is 1. The first-order valence-corrected chi connectivity index (χ1v) is 11.7. The average molecular weight is 453 g/mol. The van der Waals surface area contributed by atoms with Crippen LogP contribution in [0.25, 0.3) is 33.4 Å². The van der Waals surface area contributed by atoms with Crippen LogP contribution in [-0.2, 0) is 4.79 Å². The Morgan fingerprint density at radius 2 is 1.88 bits per heavy atom. The van der Waals surface area contributed by atoms with Gasteiger partial charge < -0.3 is 14.6 Å². The Bertz CT molecular complexity index is 1390. The van der Waals surface area contributed by atoms with Crippen molar-refractivity contribution in [3.05, 3.63) is 66.8 Å². The molecule has 7 heteroatoms. The van der Waals surface area contributed by atoms with Crippen LogP contribution in [0.4, 0.5) is 5.69 Å². The zero-order chi connectivity index (χ0) is 23.1. The highest BCUT2D eigenvalue weighted by Crippen LogP contribution is 2.33. The van der Waals surface area contributed by atoms with Gasteiger partial charge in [0.25, 0.3) is 5.91 Å². The Hall–Kier alpha value is -4.00. The molecule has 34 heavy (non-hydrogen) atoms. The standard InChI is InChI=1S/C27H24N4O3/c32-25-2-1-11-31(25)21-7-5-18(6-8-21)19-12-20(16-28-15-19)22-9-10-29-27-23(22)13-24(34-27)26(33)30-14-17-3-4-17/h5-10,12-13,15-17H,1-4,11,14H2,(H,30,33). The van der Waals surface area contributed by atoms with Crippen LogP contribution < -0.4 is 10.2 Å². The second kappa shape index (κ2) is 8.41. The van der Waals surface area contributed by atoms with E-state index in [0.29, 0.717) is 24.6 Å². The monoisotopic (exact) mass is 452 g/mol. The SMILES string of the molecule is O=C(NCC1CC1)c1cc2c(-c3cncc(-c4ccc(N5CCCC5=O)cc4)c3)ccnc2o1. The number of nitrogens with zero attached hydrogens (tertiary/aromatic N) is 3. The number of nitrogens with one attached hydrogen (secondary N) is 1. The van der Waals surface area contributed by atoms with Crippen molar-refractivity contribution in [1.29, 1.82) is 0 Å². The number of pyridine rings is 2. The number of hydrogen-bond donors (Lipinski definition) is 1. The minimum atomic E-state index is -0.209. The molecule has 170 valence electrons. The van der Waals surface area contributed by atoms with Crippen molar-refractivity contribution in [2.24, 2.45) is 5.92 Å². The van der Waals surface area contributed by atoms with Crippen molar-refractivity contribution in [1.82, 2.24) is 15.3 Å². The van der Waals surface area contributed by atoms with E-state index in [1.165, 1.54) is 12.8 Å². The maximum Gasteiger partial charge on any atom is 0.287 e. The number of benzene rings is 1. The third-order valence-electron chi connectivity index (χ3n) is 6.54. The fraction of sp³-hybridized carbons (Fsp3) is 0.259. The predicted octanol–water partition coefficient (Wildman–Crippen LogP) is 4.82. The molecule has 1 saturated carbocycles. The van der Waals surface area contributed by atoms with Crippen molar-refractivity contribution in [2.75, 3.05) is 18.0 Å². The lowest BCUT2D eigenvalue weighted by molar-refractivity contribution is -0.117. The van der Waals surface area contributed by atoms with Crippen LogP contribution >= 0.6 is 0 Å². The van der Waals surface area contributed by atoms with Crippen LogP contribution in [0.15, 0.2) is 65.5 Å². The summed E-state index contributed by atoms with van der Waals surface area (Å²) < 4.78 is 5.75. The number of carbonyl (C=O) groups is 2. The van der Waals surface area contributed by atoms with E-state index < -0.39 is 0 Å². The van der Waals surface area contributed by atoms with Gasteiger partial charge in [0.05, 0.1) is 0 Å². The summed E-state index contributed by atoms with van der Waals surface area (Å²) in [6, 6.07) is 13.7. The van der Waals surface area contributed by atoms with Gasteiger partial charge in [0.1, 0.15) is 0 Å². The number of carbonyl (C=O) groups excluding carboxylic acids is 2. The molecule has 2 fully saturated rings. The second-order valence-electron chi connectivity index (χ2n) is 9.00. The number of amides is 2. The first-order valence-electron chi connectivity index (χ1n) is 11.7. The van der Waals surface area contributed by atoms with Crippen molar-refractivity contribution >= 4 is 28.6 Å². The minimum Gasteiger partial charge on any atom is -0.433 e. The van der Waals surface area contributed by atoms with E-state index in [2.05, 4.69) is 21.4 Å². The van der Waals surface area contributed by atoms with Crippen molar-refractivity contribution in [3.8, 4) is 22.3 Å². The highest BCUT2D eigenvalue weighted by molar-refractivity contribution is 6.00. The number of aromatic nitrogens is 2. The largest absolute Gasteiger partial charge is 0.433 e. The highest BCUT2D eigenvalue weighted by Gasteiger charge is 2.24. The molecule has 6 rings (SSSR count). The van der Waals surface area contributed by atoms with Gasteiger partial charge in [-0.05, 0) is 66.6 Å². The van der Waals surface area contributed by atoms with Crippen LogP contribution in [0.3, 0.4) is 0 Å². The summed E-state index contributed by atoms with van der Waals surface area (Å²) in [5, 5.41) is 3.72. The molecule has 4 heterocycles. The van der Waals surface area contributed by atoms with Gasteiger partial charge in [-0.1, -0.05) is 12.1 Å². The van der Waals surface area contributed by atoms with Crippen LogP contribution in [-0.4, -0.2) is 34.9 Å². The quantitative estimate of drug-likeness (QED) is 0.453. The van der Waals surface area contributed by atoms with Gasteiger partial charge in [0.15, 0.2) is 5.76 Å². The molecule has 2 aliphatic rings. The van der Waals surface area contributed by atoms with E-state index in [-0.39, 0.29) is 17.6 Å². The maximum atomic E-state index is 12.5. The van der Waals surface area contributed by atoms with Gasteiger partial charge >= 0.3 is 0 Å². The Labute approximate surface area is 196 Å². The molecule has 1 aliphatic carbocycles. The summed E-state index contributed by atoms with van der Waals surface area (Å²) in [7, 11) is 0. The Kier molecular flexibility index (Phi) is 5.09. The number of furan rings is 1. The van der Waals surface area contributed by atoms with Crippen LogP contribution in [0, 0.1) is 5.92 Å². The molecule has 0 radical (unpaired) electrons. The van der Waals surface area contributed by atoms with Gasteiger partial charge in [0.2, 0.25) is 11.6 Å². The van der Waals surface area contributed by atoms with Gasteiger partial charge in [-0.25, -0.2) is 4.98 Å². The lowest BCUT2D eigenvalue weighted by Crippen LogP contribution is -2.24. The first kappa shape index (κ1) is 20.6. The molecule has 4 aromatic rings. The molecular weight excluding hydrogens is 428 g/mol. The van der Waals surface area contributed by atoms with E-state index in [0.717, 1.165) is 46.3 Å². The zero-order valence-corrected chi connectivity index (χ0v) is 18.7. The number of rotatable bonds is 6. The fourth-order valence-electron chi connectivity index (χ4n) is 4.45. The molecule has 0 spiro atoms. The molecule has 3 aromatic heterocycles. The maximum absolute atomic E-state index is 12.5. The van der Waals surface area contributed by atoms with Crippen molar-refractivity contribution < 1.29 is 14.0 Å². The van der Waals surface area contributed by atoms with E-state index in [1.54, 1.807) is 18.5 Å². The van der Waals surface area contributed by atoms with Crippen molar-refractivity contribution in [3.63, 3.8) is 0 Å². The topological polar surface area (TPSA) is 88.3 Å². The zero-order valence-electron chi connectivity index (χ0n) is 18.7. The Morgan fingerprint density at radius 3 is 2.65 bits per heavy atom. The van der Waals surface area contributed by atoms with E-state index in [9.17, 15) is 9.59 Å². The molecule has 0 unspecified atom stereocenters. The number of hydrogen-bond acceptors (Lipinski definition) is 5. The molecule has 7 nitrogen and oxygen atoms in total. The van der Waals surface area contributed by atoms with Crippen LogP contribution in [0.2, 0.25) is 0 Å². The first-order chi connectivity index (χ1) is 16.7. The third-order valence-corrected chi connectivity index (χ3v) is 6.54. The lowest BCUT2D eigenvalue weighted by atomic mass is 10.0. The van der Waals surface area contributed by atoms with Crippen LogP contribution in [0.5, 0.6) is 0 Å². The second-order valence-corrected chi connectivity index (χ2v) is 9.00. The summed E-state index contributed by atoms with van der Waals surface area (Å²) >= 11 is 0. The molecule has 1 aliphatic heterocycles. The molecule has 1 saturated heterocycles. The summed E-state index contributed by atoms with van der Waals surface area (Å²) in [6.45, 7) is 1.46. The summed E-state index contributed by atoms with van der Waals surface area (Å²) in [4.78, 5) is 35.1. The van der Waals surface area contributed by atoms with E-state index in [1.807, 2.05) is 41.4 Å². The molecule has 1 aromatic carbocycles. The predicted molar refractivity (Wildman–Crippen MR) is 129 cm³/mol. The lowest BCUT2D eigenvalue weighted by Gasteiger charge is -2.16. The van der Waals surface area contributed by atoms with E-state index in [4.69, 9.17) is 4.42 Å². The smallest absolute Gasteiger partial charge is 0.287 e. The van der Waals surface area contributed by atoms with Gasteiger partial charge in [0, 0.05) is 60.3 Å². The molecule has 1 N–H and O–H groups in total. The summed E-state index contributed by atoms with van der Waals surface area (Å²) in [6.07, 6.45) is 9.18. The molecule has 0 bridgehead atoms. The Morgan fingerprint density at radius 1 is 1.06 bits per heavy atom. The number of fused-ring (bicyclic) bond motifs is 1. The van der Waals surface area contributed by atoms with Crippen molar-refractivity contribution in [2.45, 2.75) is 25.7 Å². The molecule has 2 amide bonds. The molecular formula is C27H24N4O3.